The Morgan fingerprint density at radius 3 is 2.28 bits per heavy atom. The van der Waals surface area contributed by atoms with Crippen molar-refractivity contribution >= 4 is 17.8 Å². The van der Waals surface area contributed by atoms with Crippen molar-refractivity contribution in [2.75, 3.05) is 6.61 Å². The van der Waals surface area contributed by atoms with Gasteiger partial charge in [-0.05, 0) is 0 Å². The molecule has 0 aliphatic carbocycles. The number of nitrogens with zero attached hydrogens (tertiary/aromatic N) is 2. The molecule has 0 saturated carbocycles. The molecule has 18 heavy (non-hydrogen) atoms. The van der Waals surface area contributed by atoms with Crippen LogP contribution in [0, 0.1) is 0 Å². The summed E-state index contributed by atoms with van der Waals surface area (Å²) < 4.78 is 4.59. The second-order valence-electron chi connectivity index (χ2n) is 3.19. The van der Waals surface area contributed by atoms with E-state index in [0.29, 0.717) is 0 Å². The van der Waals surface area contributed by atoms with Crippen LogP contribution in [0.3, 0.4) is 0 Å². The lowest BCUT2D eigenvalue weighted by molar-refractivity contribution is -0.139. The lowest BCUT2D eigenvalue weighted by atomic mass is 10.3. The molecule has 0 aromatic carbocycles. The minimum atomic E-state index is -1.31. The number of carboxylic acids is 1. The van der Waals surface area contributed by atoms with Gasteiger partial charge < -0.3 is 21.3 Å². The van der Waals surface area contributed by atoms with Gasteiger partial charge in [0, 0.05) is 0 Å². The Morgan fingerprint density at radius 1 is 1.28 bits per heavy atom. The number of nitrogens with two attached hydrogens (primary N) is 2. The number of esters is 1. The SMILES string of the molecule is NC(=O)c1cnc(C(=O)OC[C@H](N)C(=O)O)cn1. The normalized spacial score (nSPS) is 11.6. The Labute approximate surface area is 101 Å². The van der Waals surface area contributed by atoms with Gasteiger partial charge >= 0.3 is 11.9 Å². The molecule has 0 radical (unpaired) electrons. The van der Waals surface area contributed by atoms with Crippen LogP contribution in [0.2, 0.25) is 0 Å². The molecule has 0 fully saturated rings. The van der Waals surface area contributed by atoms with E-state index in [9.17, 15) is 14.4 Å². The number of hydrogen-bond acceptors (Lipinski definition) is 7. The molecule has 0 aliphatic rings. The molecule has 0 bridgehead atoms. The topological polar surface area (TPSA) is 158 Å². The quantitative estimate of drug-likeness (QED) is 0.516. The molecular formula is C9H10N4O5. The summed E-state index contributed by atoms with van der Waals surface area (Å²) in [6.45, 7) is -0.493. The highest BCUT2D eigenvalue weighted by Gasteiger charge is 2.16. The number of rotatable bonds is 5. The van der Waals surface area contributed by atoms with Gasteiger partial charge in [-0.25, -0.2) is 14.8 Å². The van der Waals surface area contributed by atoms with Crippen LogP contribution in [0.25, 0.3) is 0 Å². The monoisotopic (exact) mass is 254 g/mol. The van der Waals surface area contributed by atoms with Gasteiger partial charge in [0.05, 0.1) is 12.4 Å². The number of amides is 1. The highest BCUT2D eigenvalue weighted by atomic mass is 16.5. The van der Waals surface area contributed by atoms with Crippen LogP contribution in [0.1, 0.15) is 21.0 Å². The van der Waals surface area contributed by atoms with Gasteiger partial charge in [-0.2, -0.15) is 0 Å². The summed E-state index contributed by atoms with van der Waals surface area (Å²) in [7, 11) is 0. The van der Waals surface area contributed by atoms with E-state index in [2.05, 4.69) is 14.7 Å². The van der Waals surface area contributed by atoms with E-state index in [-0.39, 0.29) is 11.4 Å². The van der Waals surface area contributed by atoms with E-state index >= 15 is 0 Å². The van der Waals surface area contributed by atoms with Gasteiger partial charge in [0.2, 0.25) is 0 Å². The molecule has 1 rings (SSSR count). The highest BCUT2D eigenvalue weighted by Crippen LogP contribution is 1.98. The van der Waals surface area contributed by atoms with E-state index in [1.54, 1.807) is 0 Å². The maximum absolute atomic E-state index is 11.4. The molecule has 0 unspecified atom stereocenters. The zero-order chi connectivity index (χ0) is 13.7. The summed E-state index contributed by atoms with van der Waals surface area (Å²) in [5.41, 5.74) is 9.78. The minimum Gasteiger partial charge on any atom is -0.480 e. The molecule has 1 amide bonds. The molecule has 9 nitrogen and oxygen atoms in total. The van der Waals surface area contributed by atoms with Crippen molar-refractivity contribution in [1.82, 2.24) is 9.97 Å². The molecule has 0 aliphatic heterocycles. The summed E-state index contributed by atoms with van der Waals surface area (Å²) in [6.07, 6.45) is 2.00. The summed E-state index contributed by atoms with van der Waals surface area (Å²) in [5, 5.41) is 8.47. The average Bonchev–Trinajstić information content (AvgIpc) is 2.35. The van der Waals surface area contributed by atoms with E-state index < -0.39 is 30.5 Å². The smallest absolute Gasteiger partial charge is 0.358 e. The number of carbonyl (C=O) groups is 3. The van der Waals surface area contributed by atoms with Crippen molar-refractivity contribution in [2.24, 2.45) is 11.5 Å². The lowest BCUT2D eigenvalue weighted by Gasteiger charge is -2.07. The van der Waals surface area contributed by atoms with Crippen molar-refractivity contribution in [3.05, 3.63) is 23.8 Å². The first-order valence-electron chi connectivity index (χ1n) is 4.69. The number of aromatic nitrogens is 2. The van der Waals surface area contributed by atoms with Crippen LogP contribution in [-0.2, 0) is 9.53 Å². The first kappa shape index (κ1) is 13.5. The maximum Gasteiger partial charge on any atom is 0.358 e. The van der Waals surface area contributed by atoms with Crippen molar-refractivity contribution in [1.29, 1.82) is 0 Å². The minimum absolute atomic E-state index is 0.103. The summed E-state index contributed by atoms with van der Waals surface area (Å²) in [4.78, 5) is 39.6. The van der Waals surface area contributed by atoms with Gasteiger partial charge in [-0.1, -0.05) is 0 Å². The van der Waals surface area contributed by atoms with E-state index in [4.69, 9.17) is 16.6 Å². The lowest BCUT2D eigenvalue weighted by Crippen LogP contribution is -2.35. The standard InChI is InChI=1S/C9H10N4O5/c10-4(8(15)16)3-18-9(17)6-2-12-5(1-13-6)7(11)14/h1-2,4H,3,10H2,(H2,11,14)(H,15,16)/t4-/m0/s1. The number of primary amides is 1. The fourth-order valence-corrected chi connectivity index (χ4v) is 0.871. The Hall–Kier alpha value is -2.55. The molecule has 0 saturated heterocycles. The van der Waals surface area contributed by atoms with Crippen LogP contribution < -0.4 is 11.5 Å². The number of ether oxygens (including phenoxy) is 1. The second-order valence-corrected chi connectivity index (χ2v) is 3.19. The van der Waals surface area contributed by atoms with E-state index in [1.165, 1.54) is 0 Å². The first-order valence-corrected chi connectivity index (χ1v) is 4.69. The van der Waals surface area contributed by atoms with Gasteiger partial charge in [-0.3, -0.25) is 9.59 Å². The van der Waals surface area contributed by atoms with Crippen LogP contribution in [-0.4, -0.2) is 45.6 Å². The molecule has 1 atom stereocenters. The average molecular weight is 254 g/mol. The molecule has 5 N–H and O–H groups in total. The molecule has 1 heterocycles. The van der Waals surface area contributed by atoms with Crippen LogP contribution in [0.15, 0.2) is 12.4 Å². The fraction of sp³-hybridized carbons (Fsp3) is 0.222. The molecule has 9 heteroatoms. The number of carboxylic acid groups (broad SMARTS) is 1. The Kier molecular flexibility index (Phi) is 4.27. The van der Waals surface area contributed by atoms with Crippen LogP contribution in [0.5, 0.6) is 0 Å². The molecule has 1 aromatic rings. The number of hydrogen-bond donors (Lipinski definition) is 3. The number of carbonyl (C=O) groups excluding carboxylic acids is 2. The van der Waals surface area contributed by atoms with Crippen molar-refractivity contribution < 1.29 is 24.2 Å². The molecule has 96 valence electrons. The van der Waals surface area contributed by atoms with Crippen molar-refractivity contribution in [2.45, 2.75) is 6.04 Å². The Balaban J connectivity index is 2.62. The third-order valence-corrected chi connectivity index (χ3v) is 1.82. The van der Waals surface area contributed by atoms with Crippen LogP contribution >= 0.6 is 0 Å². The highest BCUT2D eigenvalue weighted by molar-refractivity contribution is 5.91. The maximum atomic E-state index is 11.4. The Morgan fingerprint density at radius 2 is 1.83 bits per heavy atom. The van der Waals surface area contributed by atoms with Gasteiger partial charge in [0.1, 0.15) is 18.3 Å². The van der Waals surface area contributed by atoms with E-state index in [1.807, 2.05) is 0 Å². The molecular weight excluding hydrogens is 244 g/mol. The number of aliphatic carboxylic acids is 1. The van der Waals surface area contributed by atoms with Crippen LogP contribution in [0.4, 0.5) is 0 Å². The molecule has 1 aromatic heterocycles. The van der Waals surface area contributed by atoms with Gasteiger partial charge in [0.25, 0.3) is 5.91 Å². The van der Waals surface area contributed by atoms with Gasteiger partial charge in [-0.15, -0.1) is 0 Å². The van der Waals surface area contributed by atoms with Gasteiger partial charge in [0.15, 0.2) is 5.69 Å². The Bertz CT molecular complexity index is 472. The first-order chi connectivity index (χ1) is 8.41. The summed E-state index contributed by atoms with van der Waals surface area (Å²) in [6, 6.07) is -1.31. The van der Waals surface area contributed by atoms with Crippen molar-refractivity contribution in [3.63, 3.8) is 0 Å². The summed E-state index contributed by atoms with van der Waals surface area (Å²) >= 11 is 0. The van der Waals surface area contributed by atoms with E-state index in [0.717, 1.165) is 12.4 Å². The predicted molar refractivity (Wildman–Crippen MR) is 56.4 cm³/mol. The zero-order valence-electron chi connectivity index (χ0n) is 9.07. The second kappa shape index (κ2) is 5.68. The van der Waals surface area contributed by atoms with Crippen molar-refractivity contribution in [3.8, 4) is 0 Å². The fourth-order valence-electron chi connectivity index (χ4n) is 0.871. The zero-order valence-corrected chi connectivity index (χ0v) is 9.07. The third-order valence-electron chi connectivity index (χ3n) is 1.82. The third kappa shape index (κ3) is 3.49. The molecule has 0 spiro atoms. The summed E-state index contributed by atoms with van der Waals surface area (Å²) in [5.74, 6) is -2.97. The predicted octanol–water partition coefficient (Wildman–Crippen LogP) is -1.86. The largest absolute Gasteiger partial charge is 0.480 e.